The summed E-state index contributed by atoms with van der Waals surface area (Å²) in [5, 5.41) is 5.76. The Kier molecular flexibility index (Phi) is 8.22. The molecule has 0 spiro atoms. The first-order valence-electron chi connectivity index (χ1n) is 9.98. The van der Waals surface area contributed by atoms with E-state index in [2.05, 4.69) is 20.6 Å². The number of ketones is 1. The summed E-state index contributed by atoms with van der Waals surface area (Å²) in [6.07, 6.45) is -4.24. The van der Waals surface area contributed by atoms with E-state index in [9.17, 15) is 31.9 Å². The summed E-state index contributed by atoms with van der Waals surface area (Å²) < 4.78 is 57.5. The summed E-state index contributed by atoms with van der Waals surface area (Å²) in [5.74, 6) is -3.96. The number of oxazole rings is 1. The molecular weight excluding hydrogens is 516 g/mol. The number of nitrogens with one attached hydrogen (secondary N) is 2. The molecule has 186 valence electrons. The molecule has 0 aliphatic carbocycles. The van der Waals surface area contributed by atoms with Crippen LogP contribution >= 0.6 is 22.9 Å². The Morgan fingerprint density at radius 1 is 1.20 bits per heavy atom. The van der Waals surface area contributed by atoms with E-state index >= 15 is 0 Å². The van der Waals surface area contributed by atoms with Crippen LogP contribution in [0.3, 0.4) is 0 Å². The van der Waals surface area contributed by atoms with Gasteiger partial charge in [0.25, 0.3) is 5.91 Å². The summed E-state index contributed by atoms with van der Waals surface area (Å²) in [6, 6.07) is 1.34. The molecule has 14 heteroatoms. The Hall–Kier alpha value is -3.32. The van der Waals surface area contributed by atoms with Crippen LogP contribution in [0.1, 0.15) is 40.1 Å². The van der Waals surface area contributed by atoms with E-state index in [1.54, 1.807) is 0 Å². The van der Waals surface area contributed by atoms with E-state index in [1.807, 2.05) is 0 Å². The maximum absolute atomic E-state index is 14.2. The van der Waals surface area contributed by atoms with Gasteiger partial charge in [0.2, 0.25) is 23.3 Å². The summed E-state index contributed by atoms with van der Waals surface area (Å²) in [4.78, 5) is 45.1. The number of alkyl halides is 3. The first-order chi connectivity index (χ1) is 16.5. The lowest BCUT2D eigenvalue weighted by Gasteiger charge is -2.20. The van der Waals surface area contributed by atoms with E-state index < -0.39 is 54.5 Å². The lowest BCUT2D eigenvalue weighted by molar-refractivity contribution is -0.137. The van der Waals surface area contributed by atoms with Gasteiger partial charge in [0.1, 0.15) is 6.04 Å². The highest BCUT2D eigenvalue weighted by atomic mass is 35.5. The molecule has 0 fully saturated rings. The number of rotatable bonds is 9. The number of amides is 2. The lowest BCUT2D eigenvalue weighted by Crippen LogP contribution is -2.50. The van der Waals surface area contributed by atoms with Gasteiger partial charge in [-0.15, -0.1) is 11.3 Å². The average molecular weight is 533 g/mol. The third-order valence-electron chi connectivity index (χ3n) is 4.64. The maximum atomic E-state index is 14.2. The Labute approximate surface area is 204 Å². The number of benzene rings is 1. The third kappa shape index (κ3) is 6.85. The SMILES string of the molecule is C[C@H](NC(=O)c1cnc(-c2cccc(Cl)c2F)o1)C(=O)N[C@@H](CCC(F)(F)F)C(=O)c1nccs1. The number of aromatic nitrogens is 2. The van der Waals surface area contributed by atoms with Crippen LogP contribution in [-0.2, 0) is 4.79 Å². The molecule has 35 heavy (non-hydrogen) atoms. The van der Waals surface area contributed by atoms with Crippen molar-refractivity contribution in [2.24, 2.45) is 0 Å². The predicted molar refractivity (Wildman–Crippen MR) is 117 cm³/mol. The fourth-order valence-electron chi connectivity index (χ4n) is 2.87. The highest BCUT2D eigenvalue weighted by Gasteiger charge is 2.33. The molecule has 2 N–H and O–H groups in total. The normalized spacial score (nSPS) is 13.2. The number of carbonyl (C=O) groups excluding carboxylic acids is 3. The molecule has 0 radical (unpaired) electrons. The zero-order valence-electron chi connectivity index (χ0n) is 17.9. The lowest BCUT2D eigenvalue weighted by atomic mass is 10.1. The smallest absolute Gasteiger partial charge is 0.389 e. The molecule has 3 rings (SSSR count). The molecular formula is C21H17ClF4N4O4S. The Morgan fingerprint density at radius 3 is 2.60 bits per heavy atom. The van der Waals surface area contributed by atoms with Crippen LogP contribution in [0.4, 0.5) is 17.6 Å². The second kappa shape index (κ2) is 11.0. The van der Waals surface area contributed by atoms with E-state index in [0.29, 0.717) is 0 Å². The summed E-state index contributed by atoms with van der Waals surface area (Å²) in [5.41, 5.74) is -0.0875. The van der Waals surface area contributed by atoms with Crippen LogP contribution in [0.5, 0.6) is 0 Å². The highest BCUT2D eigenvalue weighted by Crippen LogP contribution is 2.27. The number of hydrogen-bond acceptors (Lipinski definition) is 7. The molecule has 0 aliphatic heterocycles. The van der Waals surface area contributed by atoms with Crippen LogP contribution in [0.15, 0.2) is 40.4 Å². The van der Waals surface area contributed by atoms with Gasteiger partial charge in [-0.25, -0.2) is 14.4 Å². The van der Waals surface area contributed by atoms with Crippen LogP contribution in [-0.4, -0.2) is 45.8 Å². The van der Waals surface area contributed by atoms with Gasteiger partial charge in [0.05, 0.1) is 22.8 Å². The van der Waals surface area contributed by atoms with Gasteiger partial charge in [0, 0.05) is 18.0 Å². The Bertz CT molecular complexity index is 1220. The molecule has 8 nitrogen and oxygen atoms in total. The van der Waals surface area contributed by atoms with Crippen LogP contribution in [0, 0.1) is 5.82 Å². The quantitative estimate of drug-likeness (QED) is 0.311. The Balaban J connectivity index is 1.67. The average Bonchev–Trinajstić information content (AvgIpc) is 3.49. The van der Waals surface area contributed by atoms with Crippen molar-refractivity contribution in [3.05, 3.63) is 57.6 Å². The van der Waals surface area contributed by atoms with Crippen molar-refractivity contribution in [1.29, 1.82) is 0 Å². The number of carbonyl (C=O) groups is 3. The van der Waals surface area contributed by atoms with E-state index in [-0.39, 0.29) is 27.2 Å². The number of Topliss-reactive ketones (excluding diaryl/α,β-unsaturated/α-hetero) is 1. The van der Waals surface area contributed by atoms with Gasteiger partial charge >= 0.3 is 6.18 Å². The summed E-state index contributed by atoms with van der Waals surface area (Å²) in [6.45, 7) is 1.26. The standard InChI is InChI=1S/C21H17ClF4N4O4S/c1-10(17(32)30-13(5-6-21(24,25)26)16(31)20-27-7-8-35-20)29-18(33)14-9-28-19(34-14)11-3-2-4-12(22)15(11)23/h2-4,7-10,13H,5-6H2,1H3,(H,29,33)(H,30,32)/t10-,13-/m0/s1. The zero-order chi connectivity index (χ0) is 25.8. The van der Waals surface area contributed by atoms with Crippen LogP contribution in [0.2, 0.25) is 5.02 Å². The van der Waals surface area contributed by atoms with Crippen LogP contribution in [0.25, 0.3) is 11.5 Å². The van der Waals surface area contributed by atoms with Crippen molar-refractivity contribution in [3.63, 3.8) is 0 Å². The monoisotopic (exact) mass is 532 g/mol. The minimum atomic E-state index is -4.54. The molecule has 0 bridgehead atoms. The maximum Gasteiger partial charge on any atom is 0.389 e. The van der Waals surface area contributed by atoms with E-state index in [0.717, 1.165) is 17.5 Å². The molecule has 1 aromatic carbocycles. The van der Waals surface area contributed by atoms with Crippen LogP contribution < -0.4 is 10.6 Å². The molecule has 0 unspecified atom stereocenters. The van der Waals surface area contributed by atoms with Crippen molar-refractivity contribution in [2.75, 3.05) is 0 Å². The van der Waals surface area contributed by atoms with E-state index in [1.165, 1.54) is 36.7 Å². The van der Waals surface area contributed by atoms with Gasteiger partial charge in [0.15, 0.2) is 10.8 Å². The number of halogens is 5. The van der Waals surface area contributed by atoms with Gasteiger partial charge in [-0.3, -0.25) is 14.4 Å². The molecule has 2 atom stereocenters. The molecule has 2 amide bonds. The van der Waals surface area contributed by atoms with Gasteiger partial charge in [-0.05, 0) is 25.5 Å². The first kappa shape index (κ1) is 26.3. The zero-order valence-corrected chi connectivity index (χ0v) is 19.4. The van der Waals surface area contributed by atoms with Gasteiger partial charge in [-0.1, -0.05) is 17.7 Å². The summed E-state index contributed by atoms with van der Waals surface area (Å²) in [7, 11) is 0. The fourth-order valence-corrected chi connectivity index (χ4v) is 3.68. The number of thiazole rings is 1. The fraction of sp³-hybridized carbons (Fsp3) is 0.286. The number of hydrogen-bond donors (Lipinski definition) is 2. The third-order valence-corrected chi connectivity index (χ3v) is 5.72. The first-order valence-corrected chi connectivity index (χ1v) is 11.2. The predicted octanol–water partition coefficient (Wildman–Crippen LogP) is 4.42. The minimum absolute atomic E-state index is 0.0587. The molecule has 2 aromatic heterocycles. The largest absolute Gasteiger partial charge is 0.431 e. The van der Waals surface area contributed by atoms with Crippen molar-refractivity contribution in [2.45, 2.75) is 38.0 Å². The number of nitrogens with zero attached hydrogens (tertiary/aromatic N) is 2. The molecule has 0 saturated heterocycles. The topological polar surface area (TPSA) is 114 Å². The Morgan fingerprint density at radius 2 is 1.94 bits per heavy atom. The second-order valence-electron chi connectivity index (χ2n) is 7.24. The minimum Gasteiger partial charge on any atom is -0.431 e. The van der Waals surface area contributed by atoms with E-state index in [4.69, 9.17) is 16.0 Å². The van der Waals surface area contributed by atoms with Crippen molar-refractivity contribution in [3.8, 4) is 11.5 Å². The molecule has 0 saturated carbocycles. The molecule has 3 aromatic rings. The molecule has 0 aliphatic rings. The summed E-state index contributed by atoms with van der Waals surface area (Å²) >= 11 is 6.64. The van der Waals surface area contributed by atoms with Gasteiger partial charge in [-0.2, -0.15) is 13.2 Å². The van der Waals surface area contributed by atoms with Gasteiger partial charge < -0.3 is 15.1 Å². The van der Waals surface area contributed by atoms with Crippen molar-refractivity contribution in [1.82, 2.24) is 20.6 Å². The van der Waals surface area contributed by atoms with Crippen molar-refractivity contribution < 1.29 is 36.4 Å². The second-order valence-corrected chi connectivity index (χ2v) is 8.54. The highest BCUT2D eigenvalue weighted by molar-refractivity contribution is 7.11. The molecule has 2 heterocycles. The van der Waals surface area contributed by atoms with Crippen molar-refractivity contribution >= 4 is 40.5 Å².